The molecule has 1 aromatic heterocycles. The average molecular weight is 446 g/mol. The van der Waals surface area contributed by atoms with Crippen LogP contribution in [0.3, 0.4) is 0 Å². The van der Waals surface area contributed by atoms with Crippen molar-refractivity contribution < 1.29 is 28.6 Å². The second kappa shape index (κ2) is 10.6. The van der Waals surface area contributed by atoms with Crippen LogP contribution in [0.5, 0.6) is 0 Å². The molecule has 9 nitrogen and oxygen atoms in total. The fourth-order valence-electron chi connectivity index (χ4n) is 3.87. The number of amides is 2. The number of unbranched alkanes of at least 4 members (excludes halogenated alkanes) is 1. The molecule has 0 spiro atoms. The van der Waals surface area contributed by atoms with E-state index in [1.165, 1.54) is 4.90 Å². The molecule has 174 valence electrons. The SMILES string of the molecule is CC1(C)COCCN1C(=O)CCCCN(CCCC(=O)c1nc2ccccc2o1)C(=O)O. The second-order valence-electron chi connectivity index (χ2n) is 8.65. The van der Waals surface area contributed by atoms with Crippen LogP contribution >= 0.6 is 0 Å². The van der Waals surface area contributed by atoms with Gasteiger partial charge in [-0.2, -0.15) is 0 Å². The van der Waals surface area contributed by atoms with Gasteiger partial charge in [-0.05, 0) is 45.2 Å². The van der Waals surface area contributed by atoms with Gasteiger partial charge < -0.3 is 24.1 Å². The predicted octanol–water partition coefficient (Wildman–Crippen LogP) is 3.58. The van der Waals surface area contributed by atoms with Crippen molar-refractivity contribution in [3.8, 4) is 0 Å². The average Bonchev–Trinajstić information content (AvgIpc) is 3.19. The summed E-state index contributed by atoms with van der Waals surface area (Å²) in [4.78, 5) is 43.7. The highest BCUT2D eigenvalue weighted by Crippen LogP contribution is 2.21. The maximum absolute atomic E-state index is 12.5. The molecule has 2 amide bonds. The summed E-state index contributed by atoms with van der Waals surface area (Å²) < 4.78 is 10.9. The molecule has 1 fully saturated rings. The minimum Gasteiger partial charge on any atom is -0.465 e. The van der Waals surface area contributed by atoms with Gasteiger partial charge >= 0.3 is 6.09 Å². The first kappa shape index (κ1) is 23.7. The van der Waals surface area contributed by atoms with Crippen LogP contribution in [0, 0.1) is 0 Å². The lowest BCUT2D eigenvalue weighted by atomic mass is 10.0. The first-order valence-electron chi connectivity index (χ1n) is 11.0. The van der Waals surface area contributed by atoms with Crippen LogP contribution < -0.4 is 0 Å². The Balaban J connectivity index is 1.39. The van der Waals surface area contributed by atoms with Crippen molar-refractivity contribution in [2.75, 3.05) is 32.8 Å². The standard InChI is InChI=1S/C23H31N3O6/c1-23(2)16-31-15-14-26(23)20(28)11-5-6-12-25(22(29)30)13-7-9-18(27)21-24-17-8-3-4-10-19(17)32-21/h3-4,8,10H,5-7,9,11-16H2,1-2H3,(H,29,30). The largest absolute Gasteiger partial charge is 0.465 e. The van der Waals surface area contributed by atoms with E-state index >= 15 is 0 Å². The van der Waals surface area contributed by atoms with Gasteiger partial charge in [0, 0.05) is 32.5 Å². The number of carbonyl (C=O) groups is 3. The first-order chi connectivity index (χ1) is 15.3. The lowest BCUT2D eigenvalue weighted by Gasteiger charge is -2.42. The van der Waals surface area contributed by atoms with Crippen LogP contribution in [0.1, 0.15) is 56.6 Å². The highest BCUT2D eigenvalue weighted by molar-refractivity contribution is 5.94. The number of fused-ring (bicyclic) bond motifs is 1. The Morgan fingerprint density at radius 2 is 1.88 bits per heavy atom. The maximum Gasteiger partial charge on any atom is 0.407 e. The summed E-state index contributed by atoms with van der Waals surface area (Å²) in [5.74, 6) is -0.119. The number of ketones is 1. The van der Waals surface area contributed by atoms with E-state index < -0.39 is 6.09 Å². The number of carbonyl (C=O) groups excluding carboxylic acids is 2. The summed E-state index contributed by atoms with van der Waals surface area (Å²) >= 11 is 0. The molecule has 0 bridgehead atoms. The normalized spacial score (nSPS) is 15.6. The van der Waals surface area contributed by atoms with E-state index in [2.05, 4.69) is 4.98 Å². The van der Waals surface area contributed by atoms with Gasteiger partial charge in [0.25, 0.3) is 5.89 Å². The Kier molecular flexibility index (Phi) is 7.84. The van der Waals surface area contributed by atoms with Crippen molar-refractivity contribution in [3.05, 3.63) is 30.2 Å². The number of hydrogen-bond donors (Lipinski definition) is 1. The van der Waals surface area contributed by atoms with E-state index in [4.69, 9.17) is 9.15 Å². The maximum atomic E-state index is 12.5. The molecule has 1 aliphatic rings. The Morgan fingerprint density at radius 3 is 2.59 bits per heavy atom. The van der Waals surface area contributed by atoms with Crippen LogP contribution in [0.4, 0.5) is 4.79 Å². The summed E-state index contributed by atoms with van der Waals surface area (Å²) in [5.41, 5.74) is 0.861. The number of carboxylic acid groups (broad SMARTS) is 1. The third-order valence-corrected chi connectivity index (χ3v) is 5.65. The molecule has 1 aliphatic heterocycles. The Hall–Kier alpha value is -2.94. The Labute approximate surface area is 187 Å². The Bertz CT molecular complexity index is 921. The van der Waals surface area contributed by atoms with Crippen molar-refractivity contribution in [2.24, 2.45) is 0 Å². The molecule has 0 aliphatic carbocycles. The quantitative estimate of drug-likeness (QED) is 0.439. The molecule has 0 unspecified atom stereocenters. The molecule has 2 heterocycles. The number of oxazole rings is 1. The van der Waals surface area contributed by atoms with E-state index in [9.17, 15) is 19.5 Å². The summed E-state index contributed by atoms with van der Waals surface area (Å²) in [6.45, 7) is 6.19. The molecule has 1 N–H and O–H groups in total. The van der Waals surface area contributed by atoms with Crippen molar-refractivity contribution in [2.45, 2.75) is 51.5 Å². The van der Waals surface area contributed by atoms with Crippen LogP contribution in [0.2, 0.25) is 0 Å². The van der Waals surface area contributed by atoms with Crippen LogP contribution in [-0.2, 0) is 9.53 Å². The van der Waals surface area contributed by atoms with E-state index in [1.54, 1.807) is 12.1 Å². The summed E-state index contributed by atoms with van der Waals surface area (Å²) in [6, 6.07) is 7.14. The van der Waals surface area contributed by atoms with Gasteiger partial charge in [-0.15, -0.1) is 0 Å². The van der Waals surface area contributed by atoms with Crippen LogP contribution in [-0.4, -0.2) is 76.1 Å². The molecule has 1 aromatic carbocycles. The molecular weight excluding hydrogens is 414 g/mol. The van der Waals surface area contributed by atoms with E-state index in [0.29, 0.717) is 63.1 Å². The third-order valence-electron chi connectivity index (χ3n) is 5.65. The number of rotatable bonds is 10. The minimum atomic E-state index is -1.03. The molecule has 3 rings (SSSR count). The Morgan fingerprint density at radius 1 is 1.12 bits per heavy atom. The van der Waals surface area contributed by atoms with Crippen molar-refractivity contribution in [1.29, 1.82) is 0 Å². The number of benzene rings is 1. The smallest absolute Gasteiger partial charge is 0.407 e. The van der Waals surface area contributed by atoms with Crippen LogP contribution in [0.25, 0.3) is 11.1 Å². The van der Waals surface area contributed by atoms with Crippen molar-refractivity contribution in [1.82, 2.24) is 14.8 Å². The number of morpholine rings is 1. The molecule has 0 saturated carbocycles. The molecule has 0 radical (unpaired) electrons. The highest BCUT2D eigenvalue weighted by atomic mass is 16.5. The van der Waals surface area contributed by atoms with Gasteiger partial charge in [0.15, 0.2) is 5.58 Å². The van der Waals surface area contributed by atoms with E-state index in [-0.39, 0.29) is 36.1 Å². The van der Waals surface area contributed by atoms with Gasteiger partial charge in [0.1, 0.15) is 5.52 Å². The molecule has 32 heavy (non-hydrogen) atoms. The molecular formula is C23H31N3O6. The molecule has 1 saturated heterocycles. The first-order valence-corrected chi connectivity index (χ1v) is 11.0. The number of Topliss-reactive ketones (excluding diaryl/α,β-unsaturated/α-hetero) is 1. The minimum absolute atomic E-state index is 0.0534. The topological polar surface area (TPSA) is 113 Å². The summed E-state index contributed by atoms with van der Waals surface area (Å²) in [6.07, 6.45) is 1.08. The monoisotopic (exact) mass is 445 g/mol. The fraction of sp³-hybridized carbons (Fsp3) is 0.565. The lowest BCUT2D eigenvalue weighted by Crippen LogP contribution is -2.55. The fourth-order valence-corrected chi connectivity index (χ4v) is 3.87. The zero-order valence-electron chi connectivity index (χ0n) is 18.7. The zero-order chi connectivity index (χ0) is 23.1. The number of ether oxygens (including phenoxy) is 1. The van der Waals surface area contributed by atoms with Gasteiger partial charge in [-0.25, -0.2) is 9.78 Å². The molecule has 9 heteroatoms. The number of hydrogen-bond acceptors (Lipinski definition) is 6. The number of aromatic nitrogens is 1. The van der Waals surface area contributed by atoms with Gasteiger partial charge in [0.05, 0.1) is 18.8 Å². The molecule has 0 atom stereocenters. The molecule has 2 aromatic rings. The van der Waals surface area contributed by atoms with Crippen LogP contribution in [0.15, 0.2) is 28.7 Å². The van der Waals surface area contributed by atoms with Gasteiger partial charge in [0.2, 0.25) is 11.7 Å². The van der Waals surface area contributed by atoms with E-state index in [0.717, 1.165) is 0 Å². The number of nitrogens with zero attached hydrogens (tertiary/aromatic N) is 3. The second-order valence-corrected chi connectivity index (χ2v) is 8.65. The van der Waals surface area contributed by atoms with Crippen molar-refractivity contribution >= 4 is 28.9 Å². The van der Waals surface area contributed by atoms with E-state index in [1.807, 2.05) is 30.9 Å². The third kappa shape index (κ3) is 6.06. The summed E-state index contributed by atoms with van der Waals surface area (Å²) in [7, 11) is 0. The predicted molar refractivity (Wildman–Crippen MR) is 118 cm³/mol. The zero-order valence-corrected chi connectivity index (χ0v) is 18.7. The highest BCUT2D eigenvalue weighted by Gasteiger charge is 2.33. The summed E-state index contributed by atoms with van der Waals surface area (Å²) in [5, 5.41) is 9.45. The van der Waals surface area contributed by atoms with Gasteiger partial charge in [-0.1, -0.05) is 12.1 Å². The lowest BCUT2D eigenvalue weighted by molar-refractivity contribution is -0.146. The van der Waals surface area contributed by atoms with Gasteiger partial charge in [-0.3, -0.25) is 9.59 Å². The number of para-hydroxylation sites is 2. The van der Waals surface area contributed by atoms with Crippen molar-refractivity contribution in [3.63, 3.8) is 0 Å².